The zero-order valence-electron chi connectivity index (χ0n) is 21.6. The van der Waals surface area contributed by atoms with Gasteiger partial charge in [0.1, 0.15) is 24.4 Å². The standard InChI is InChI=1S/C30H34BrN3O2/c1-5-33(6-2)21-13-15-25-27(19-21)36-28-20-22(34(7-3)8-4)14-16-26(28)29(25)23-11-9-10-12-24(23)30(35)32-18-17-31/h9-16,19-20H,5-8,17-18H2,1-4H3/p+1. The molecule has 2 aromatic rings. The lowest BCUT2D eigenvalue weighted by molar-refractivity contribution is 0.0957. The van der Waals surface area contributed by atoms with Crippen LogP contribution in [-0.2, 0) is 0 Å². The summed E-state index contributed by atoms with van der Waals surface area (Å²) in [5.41, 5.74) is 5.52. The monoisotopic (exact) mass is 548 g/mol. The molecule has 188 valence electrons. The quantitative estimate of drug-likeness (QED) is 0.159. The molecule has 6 heteroatoms. The molecule has 0 fully saturated rings. The summed E-state index contributed by atoms with van der Waals surface area (Å²) in [4.78, 5) is 15.5. The maximum absolute atomic E-state index is 13.1. The van der Waals surface area contributed by atoms with E-state index in [1.165, 1.54) is 0 Å². The molecule has 1 aliphatic heterocycles. The highest BCUT2D eigenvalue weighted by Crippen LogP contribution is 2.42. The zero-order chi connectivity index (χ0) is 25.7. The summed E-state index contributed by atoms with van der Waals surface area (Å²) >= 11 is 3.40. The number of fused-ring (bicyclic) bond motifs is 2. The van der Waals surface area contributed by atoms with Crippen molar-refractivity contribution in [3.05, 3.63) is 71.6 Å². The van der Waals surface area contributed by atoms with Gasteiger partial charge in [-0.15, -0.1) is 0 Å². The fraction of sp³-hybridized carbons (Fsp3) is 0.333. The summed E-state index contributed by atoms with van der Waals surface area (Å²) < 4.78 is 8.89. The van der Waals surface area contributed by atoms with Crippen LogP contribution in [-0.4, -0.2) is 44.0 Å². The molecule has 0 atom stereocenters. The number of hydrogen-bond donors (Lipinski definition) is 1. The molecule has 0 saturated carbocycles. The minimum atomic E-state index is -0.0772. The topological polar surface area (TPSA) is 48.5 Å². The van der Waals surface area contributed by atoms with Crippen LogP contribution in [0.1, 0.15) is 38.1 Å². The van der Waals surface area contributed by atoms with E-state index in [1.807, 2.05) is 24.3 Å². The molecule has 1 amide bonds. The highest BCUT2D eigenvalue weighted by atomic mass is 79.9. The Morgan fingerprint density at radius 3 is 2.39 bits per heavy atom. The third kappa shape index (κ3) is 5.05. The van der Waals surface area contributed by atoms with Crippen LogP contribution in [0, 0.1) is 0 Å². The predicted octanol–water partition coefficient (Wildman–Crippen LogP) is 5.99. The second-order valence-corrected chi connectivity index (χ2v) is 9.47. The number of carbonyl (C=O) groups is 1. The Labute approximate surface area is 221 Å². The second kappa shape index (κ2) is 11.7. The van der Waals surface area contributed by atoms with E-state index in [9.17, 15) is 4.79 Å². The van der Waals surface area contributed by atoms with Gasteiger partial charge >= 0.3 is 0 Å². The second-order valence-electron chi connectivity index (χ2n) is 8.67. The van der Waals surface area contributed by atoms with Crippen molar-refractivity contribution in [3.63, 3.8) is 0 Å². The van der Waals surface area contributed by atoms with Gasteiger partial charge in [0, 0.05) is 64.9 Å². The number of hydrogen-bond acceptors (Lipinski definition) is 3. The van der Waals surface area contributed by atoms with Gasteiger partial charge in [-0.1, -0.05) is 34.1 Å². The smallest absolute Gasteiger partial charge is 0.251 e. The van der Waals surface area contributed by atoms with Gasteiger partial charge in [0.05, 0.1) is 6.07 Å². The van der Waals surface area contributed by atoms with E-state index in [2.05, 4.69) is 94.8 Å². The SMILES string of the molecule is CCN(CC)c1ccc2c(-c3ccccc3C(=O)NCCBr)c3ccc(=[N+](CC)CC)cc-3oc2c1. The third-order valence-corrected chi connectivity index (χ3v) is 7.16. The number of amides is 1. The first-order valence-corrected chi connectivity index (χ1v) is 13.9. The molecule has 5 nitrogen and oxygen atoms in total. The molecule has 2 aliphatic rings. The number of halogens is 1. The number of rotatable bonds is 9. The van der Waals surface area contributed by atoms with Crippen LogP contribution < -0.4 is 20.1 Å². The molecule has 2 aromatic carbocycles. The average molecular weight is 550 g/mol. The highest BCUT2D eigenvalue weighted by molar-refractivity contribution is 9.09. The summed E-state index contributed by atoms with van der Waals surface area (Å²) in [6, 6.07) is 20.7. The van der Waals surface area contributed by atoms with E-state index in [4.69, 9.17) is 4.42 Å². The van der Waals surface area contributed by atoms with Gasteiger partial charge in [-0.25, -0.2) is 4.58 Å². The largest absolute Gasteiger partial charge is 0.456 e. The molecule has 1 aliphatic carbocycles. The molecule has 4 rings (SSSR count). The number of carbonyl (C=O) groups excluding carboxylic acids is 1. The van der Waals surface area contributed by atoms with Gasteiger partial charge in [-0.3, -0.25) is 4.79 Å². The lowest BCUT2D eigenvalue weighted by Crippen LogP contribution is -2.29. The molecule has 1 N–H and O–H groups in total. The van der Waals surface area contributed by atoms with Crippen molar-refractivity contribution in [2.45, 2.75) is 27.7 Å². The Balaban J connectivity index is 2.07. The number of benzene rings is 3. The van der Waals surface area contributed by atoms with E-state index in [0.29, 0.717) is 17.4 Å². The molecule has 0 radical (unpaired) electrons. The van der Waals surface area contributed by atoms with Crippen LogP contribution in [0.25, 0.3) is 33.4 Å². The average Bonchev–Trinajstić information content (AvgIpc) is 2.91. The molecule has 0 saturated heterocycles. The first-order valence-electron chi connectivity index (χ1n) is 12.8. The van der Waals surface area contributed by atoms with E-state index in [1.54, 1.807) is 0 Å². The van der Waals surface area contributed by atoms with E-state index >= 15 is 0 Å². The highest BCUT2D eigenvalue weighted by Gasteiger charge is 2.22. The Hall–Kier alpha value is -3.12. The van der Waals surface area contributed by atoms with Crippen LogP contribution in [0.5, 0.6) is 0 Å². The fourth-order valence-electron chi connectivity index (χ4n) is 4.88. The lowest BCUT2D eigenvalue weighted by Gasteiger charge is -2.22. The number of alkyl halides is 1. The van der Waals surface area contributed by atoms with Gasteiger partial charge in [-0.2, -0.15) is 0 Å². The maximum Gasteiger partial charge on any atom is 0.251 e. The first-order chi connectivity index (χ1) is 17.6. The predicted molar refractivity (Wildman–Crippen MR) is 154 cm³/mol. The summed E-state index contributed by atoms with van der Waals surface area (Å²) in [5, 5.41) is 5.84. The van der Waals surface area contributed by atoms with Crippen LogP contribution >= 0.6 is 15.9 Å². The van der Waals surface area contributed by atoms with Crippen LogP contribution in [0.4, 0.5) is 5.69 Å². The normalized spacial score (nSPS) is 11.1. The maximum atomic E-state index is 13.1. The van der Waals surface area contributed by atoms with Crippen molar-refractivity contribution < 1.29 is 9.21 Å². The molecule has 0 unspecified atom stereocenters. The summed E-state index contributed by atoms with van der Waals surface area (Å²) in [6.45, 7) is 12.9. The Morgan fingerprint density at radius 1 is 0.944 bits per heavy atom. The number of nitrogens with one attached hydrogen (secondary N) is 1. The van der Waals surface area contributed by atoms with Crippen molar-refractivity contribution in [1.29, 1.82) is 0 Å². The van der Waals surface area contributed by atoms with Gasteiger partial charge in [0.25, 0.3) is 5.91 Å². The zero-order valence-corrected chi connectivity index (χ0v) is 23.2. The molecule has 0 spiro atoms. The Morgan fingerprint density at radius 2 is 1.69 bits per heavy atom. The molecule has 0 bridgehead atoms. The van der Waals surface area contributed by atoms with E-state index in [0.717, 1.165) is 70.6 Å². The van der Waals surface area contributed by atoms with Crippen molar-refractivity contribution in [3.8, 4) is 22.5 Å². The van der Waals surface area contributed by atoms with Gasteiger partial charge in [-0.05, 0) is 57.5 Å². The van der Waals surface area contributed by atoms with Crippen molar-refractivity contribution in [2.75, 3.05) is 43.0 Å². The Kier molecular flexibility index (Phi) is 8.47. The van der Waals surface area contributed by atoms with Crippen LogP contribution in [0.2, 0.25) is 0 Å². The molecular formula is C30H35BrN3O2+. The fourth-order valence-corrected chi connectivity index (χ4v) is 5.08. The van der Waals surface area contributed by atoms with E-state index < -0.39 is 0 Å². The molecule has 0 aromatic heterocycles. The summed E-state index contributed by atoms with van der Waals surface area (Å²) in [6.07, 6.45) is 0. The van der Waals surface area contributed by atoms with Gasteiger partial charge in [0.2, 0.25) is 5.36 Å². The Bertz CT molecular complexity index is 1400. The van der Waals surface area contributed by atoms with Crippen molar-refractivity contribution in [2.24, 2.45) is 0 Å². The third-order valence-electron chi connectivity index (χ3n) is 6.77. The van der Waals surface area contributed by atoms with Crippen molar-refractivity contribution >= 4 is 38.5 Å². The number of anilines is 1. The minimum absolute atomic E-state index is 0.0772. The minimum Gasteiger partial charge on any atom is -0.456 e. The molecular weight excluding hydrogens is 514 g/mol. The molecule has 36 heavy (non-hydrogen) atoms. The van der Waals surface area contributed by atoms with Gasteiger partial charge in [0.15, 0.2) is 0 Å². The van der Waals surface area contributed by atoms with Gasteiger partial charge < -0.3 is 14.6 Å². The summed E-state index contributed by atoms with van der Waals surface area (Å²) in [5.74, 6) is 0.737. The van der Waals surface area contributed by atoms with Crippen molar-refractivity contribution in [1.82, 2.24) is 9.89 Å². The summed E-state index contributed by atoms with van der Waals surface area (Å²) in [7, 11) is 0. The molecule has 1 heterocycles. The van der Waals surface area contributed by atoms with E-state index in [-0.39, 0.29) is 5.91 Å². The first kappa shape index (κ1) is 26.0. The lowest BCUT2D eigenvalue weighted by atomic mass is 9.90. The van der Waals surface area contributed by atoms with Crippen LogP contribution in [0.15, 0.2) is 65.1 Å². The number of nitrogens with zero attached hydrogens (tertiary/aromatic N) is 2. The van der Waals surface area contributed by atoms with Crippen LogP contribution in [0.3, 0.4) is 0 Å².